The van der Waals surface area contributed by atoms with Crippen molar-refractivity contribution in [1.82, 2.24) is 0 Å². The summed E-state index contributed by atoms with van der Waals surface area (Å²) in [5.74, 6) is 0.945. The zero-order chi connectivity index (χ0) is 19.4. The van der Waals surface area contributed by atoms with Gasteiger partial charge in [-0.25, -0.2) is 0 Å². The number of ether oxygens (including phenoxy) is 2. The maximum Gasteiger partial charge on any atom is 0.120 e. The van der Waals surface area contributed by atoms with Crippen LogP contribution in [0.1, 0.15) is 37.8 Å². The predicted octanol–water partition coefficient (Wildman–Crippen LogP) is 6.57. The summed E-state index contributed by atoms with van der Waals surface area (Å²) >= 11 is 2.06. The normalized spacial score (nSPS) is 16.4. The van der Waals surface area contributed by atoms with Crippen LogP contribution < -0.4 is 4.74 Å². The Kier molecular flexibility index (Phi) is 5.93. The van der Waals surface area contributed by atoms with Crippen molar-refractivity contribution in [3.63, 3.8) is 0 Å². The summed E-state index contributed by atoms with van der Waals surface area (Å²) in [5, 5.41) is 3.10. The Balaban J connectivity index is 1.52. The van der Waals surface area contributed by atoms with E-state index >= 15 is 0 Å². The van der Waals surface area contributed by atoms with Gasteiger partial charge in [0.1, 0.15) is 12.4 Å². The molecule has 0 bridgehead atoms. The molecule has 28 heavy (non-hydrogen) atoms. The smallest absolute Gasteiger partial charge is 0.120 e. The van der Waals surface area contributed by atoms with E-state index in [4.69, 9.17) is 9.47 Å². The van der Waals surface area contributed by atoms with Crippen molar-refractivity contribution in [2.24, 2.45) is 0 Å². The van der Waals surface area contributed by atoms with Crippen molar-refractivity contribution in [2.45, 2.75) is 43.3 Å². The Morgan fingerprint density at radius 3 is 2.50 bits per heavy atom. The molecule has 0 spiro atoms. The fourth-order valence-electron chi connectivity index (χ4n) is 3.99. The average molecular weight is 393 g/mol. The molecule has 1 heterocycles. The SMILES string of the molecule is CC(C)SC1(c2cccc(OCc3ccc4ccccc4c3)c2)CCOCC1. The molecule has 4 rings (SSSR count). The van der Waals surface area contributed by atoms with Crippen molar-refractivity contribution in [1.29, 1.82) is 0 Å². The molecule has 0 unspecified atom stereocenters. The van der Waals surface area contributed by atoms with E-state index in [0.29, 0.717) is 11.9 Å². The van der Waals surface area contributed by atoms with Gasteiger partial charge in [0.2, 0.25) is 0 Å². The van der Waals surface area contributed by atoms with Crippen LogP contribution in [0.4, 0.5) is 0 Å². The summed E-state index contributed by atoms with van der Waals surface area (Å²) in [6, 6.07) is 23.7. The van der Waals surface area contributed by atoms with Gasteiger partial charge < -0.3 is 9.47 Å². The van der Waals surface area contributed by atoms with Crippen LogP contribution >= 0.6 is 11.8 Å². The van der Waals surface area contributed by atoms with Crippen molar-refractivity contribution >= 4 is 22.5 Å². The molecule has 146 valence electrons. The lowest BCUT2D eigenvalue weighted by Gasteiger charge is -2.38. The zero-order valence-corrected chi connectivity index (χ0v) is 17.5. The van der Waals surface area contributed by atoms with Crippen LogP contribution in [0.2, 0.25) is 0 Å². The third-order valence-corrected chi connectivity index (χ3v) is 6.91. The monoisotopic (exact) mass is 392 g/mol. The van der Waals surface area contributed by atoms with Gasteiger partial charge in [0.05, 0.1) is 0 Å². The molecule has 0 saturated carbocycles. The fourth-order valence-corrected chi connectivity index (χ4v) is 5.56. The molecular weight excluding hydrogens is 364 g/mol. The summed E-state index contributed by atoms with van der Waals surface area (Å²) in [6.45, 7) is 6.81. The van der Waals surface area contributed by atoms with Gasteiger partial charge in [-0.2, -0.15) is 0 Å². The second kappa shape index (κ2) is 8.59. The van der Waals surface area contributed by atoms with Gasteiger partial charge >= 0.3 is 0 Å². The molecule has 1 aliphatic heterocycles. The summed E-state index contributed by atoms with van der Waals surface area (Å²) in [4.78, 5) is 0. The Labute approximate surface area is 172 Å². The second-order valence-electron chi connectivity index (χ2n) is 7.77. The number of hydrogen-bond donors (Lipinski definition) is 0. The number of hydrogen-bond acceptors (Lipinski definition) is 3. The highest BCUT2D eigenvalue weighted by atomic mass is 32.2. The standard InChI is InChI=1S/C25H28O2S/c1-19(2)28-25(12-14-26-15-13-25)23-8-5-9-24(17-23)27-18-20-10-11-21-6-3-4-7-22(21)16-20/h3-11,16-17,19H,12-15,18H2,1-2H3. The summed E-state index contributed by atoms with van der Waals surface area (Å²) < 4.78 is 12.0. The number of benzene rings is 3. The van der Waals surface area contributed by atoms with E-state index in [1.165, 1.54) is 21.9 Å². The molecule has 1 saturated heterocycles. The zero-order valence-electron chi connectivity index (χ0n) is 16.7. The van der Waals surface area contributed by atoms with Gasteiger partial charge in [-0.3, -0.25) is 0 Å². The number of thioether (sulfide) groups is 1. The summed E-state index contributed by atoms with van der Waals surface area (Å²) in [6.07, 6.45) is 2.12. The molecule has 0 aliphatic carbocycles. The lowest BCUT2D eigenvalue weighted by Crippen LogP contribution is -2.32. The lowest BCUT2D eigenvalue weighted by molar-refractivity contribution is 0.0767. The third-order valence-electron chi connectivity index (χ3n) is 5.34. The van der Waals surface area contributed by atoms with Crippen molar-refractivity contribution < 1.29 is 9.47 Å². The first-order valence-electron chi connectivity index (χ1n) is 10.1. The van der Waals surface area contributed by atoms with E-state index in [1.807, 2.05) is 0 Å². The number of rotatable bonds is 6. The first-order valence-corrected chi connectivity index (χ1v) is 11.0. The van der Waals surface area contributed by atoms with Crippen LogP contribution in [-0.2, 0) is 16.1 Å². The van der Waals surface area contributed by atoms with Gasteiger partial charge in [-0.05, 0) is 58.2 Å². The van der Waals surface area contributed by atoms with Gasteiger partial charge in [-0.1, -0.05) is 62.4 Å². The number of fused-ring (bicyclic) bond motifs is 1. The Morgan fingerprint density at radius 2 is 1.71 bits per heavy atom. The maximum absolute atomic E-state index is 6.18. The first-order chi connectivity index (χ1) is 13.6. The largest absolute Gasteiger partial charge is 0.489 e. The van der Waals surface area contributed by atoms with Crippen molar-refractivity contribution in [2.75, 3.05) is 13.2 Å². The third kappa shape index (κ3) is 4.37. The highest BCUT2D eigenvalue weighted by molar-refractivity contribution is 8.00. The first kappa shape index (κ1) is 19.4. The predicted molar refractivity (Wildman–Crippen MR) is 119 cm³/mol. The van der Waals surface area contributed by atoms with Crippen LogP contribution in [0.3, 0.4) is 0 Å². The summed E-state index contributed by atoms with van der Waals surface area (Å²) in [5.41, 5.74) is 2.56. The Morgan fingerprint density at radius 1 is 0.929 bits per heavy atom. The van der Waals surface area contributed by atoms with Crippen LogP contribution in [0.25, 0.3) is 10.8 Å². The van der Waals surface area contributed by atoms with Crippen LogP contribution in [-0.4, -0.2) is 18.5 Å². The fraction of sp³-hybridized carbons (Fsp3) is 0.360. The lowest BCUT2D eigenvalue weighted by atomic mass is 9.90. The van der Waals surface area contributed by atoms with E-state index in [-0.39, 0.29) is 4.75 Å². The van der Waals surface area contributed by atoms with Crippen LogP contribution in [0.15, 0.2) is 66.7 Å². The van der Waals surface area contributed by atoms with Crippen LogP contribution in [0.5, 0.6) is 5.75 Å². The topological polar surface area (TPSA) is 18.5 Å². The van der Waals surface area contributed by atoms with Gasteiger partial charge in [0.15, 0.2) is 0 Å². The second-order valence-corrected chi connectivity index (χ2v) is 9.73. The Bertz CT molecular complexity index is 928. The molecule has 0 radical (unpaired) electrons. The molecule has 3 aromatic carbocycles. The molecule has 1 aliphatic rings. The minimum absolute atomic E-state index is 0.134. The molecule has 1 fully saturated rings. The highest BCUT2D eigenvalue weighted by Crippen LogP contribution is 2.47. The minimum Gasteiger partial charge on any atom is -0.489 e. The van der Waals surface area contributed by atoms with Crippen molar-refractivity contribution in [3.05, 3.63) is 77.9 Å². The van der Waals surface area contributed by atoms with E-state index in [0.717, 1.165) is 31.8 Å². The molecule has 0 atom stereocenters. The van der Waals surface area contributed by atoms with E-state index in [1.54, 1.807) is 0 Å². The molecule has 3 heteroatoms. The molecular formula is C25H28O2S. The van der Waals surface area contributed by atoms with Gasteiger partial charge in [-0.15, -0.1) is 11.8 Å². The molecule has 0 N–H and O–H groups in total. The summed E-state index contributed by atoms with van der Waals surface area (Å²) in [7, 11) is 0. The van der Waals surface area contributed by atoms with E-state index in [9.17, 15) is 0 Å². The average Bonchev–Trinajstić information content (AvgIpc) is 2.72. The highest BCUT2D eigenvalue weighted by Gasteiger charge is 2.36. The maximum atomic E-state index is 6.18. The molecule has 3 aromatic rings. The van der Waals surface area contributed by atoms with Gasteiger partial charge in [0.25, 0.3) is 0 Å². The van der Waals surface area contributed by atoms with Crippen molar-refractivity contribution in [3.8, 4) is 5.75 Å². The molecule has 2 nitrogen and oxygen atoms in total. The quantitative estimate of drug-likeness (QED) is 0.473. The van der Waals surface area contributed by atoms with Gasteiger partial charge in [0, 0.05) is 18.0 Å². The van der Waals surface area contributed by atoms with Crippen LogP contribution in [0, 0.1) is 0 Å². The van der Waals surface area contributed by atoms with E-state index in [2.05, 4.69) is 92.3 Å². The van der Waals surface area contributed by atoms with E-state index < -0.39 is 0 Å². The molecule has 0 amide bonds. The minimum atomic E-state index is 0.134. The molecule has 0 aromatic heterocycles. The Hall–Kier alpha value is -1.97.